The number of carbonyl (C=O) groups is 1. The highest BCUT2D eigenvalue weighted by Gasteiger charge is 2.21. The fourth-order valence-corrected chi connectivity index (χ4v) is 1.52. The van der Waals surface area contributed by atoms with Gasteiger partial charge in [0.1, 0.15) is 0 Å². The number of furan rings is 1. The third kappa shape index (κ3) is 2.33. The molecular formula is C10H9BrN2O4. The maximum atomic E-state index is 11.5. The van der Waals surface area contributed by atoms with Gasteiger partial charge in [0.2, 0.25) is 11.6 Å². The minimum Gasteiger partial charge on any atom is -0.461 e. The van der Waals surface area contributed by atoms with E-state index in [1.807, 2.05) is 0 Å². The summed E-state index contributed by atoms with van der Waals surface area (Å²) >= 11 is 3.15. The van der Waals surface area contributed by atoms with Crippen LogP contribution in [0.1, 0.15) is 17.4 Å². The first-order valence-electron chi connectivity index (χ1n) is 4.81. The summed E-state index contributed by atoms with van der Waals surface area (Å²) in [6.07, 6.45) is 0. The smallest absolute Gasteiger partial charge is 0.362 e. The molecule has 2 heterocycles. The molecule has 0 radical (unpaired) electrons. The van der Waals surface area contributed by atoms with Crippen LogP contribution < -0.4 is 5.73 Å². The van der Waals surface area contributed by atoms with Crippen molar-refractivity contribution in [1.82, 2.24) is 4.98 Å². The molecule has 0 aliphatic heterocycles. The van der Waals surface area contributed by atoms with Gasteiger partial charge in [0, 0.05) is 0 Å². The first-order chi connectivity index (χ1) is 8.11. The average Bonchev–Trinajstić information content (AvgIpc) is 2.85. The Morgan fingerprint density at radius 2 is 2.29 bits per heavy atom. The molecule has 2 aromatic heterocycles. The largest absolute Gasteiger partial charge is 0.461 e. The van der Waals surface area contributed by atoms with Crippen LogP contribution in [-0.4, -0.2) is 17.6 Å². The zero-order valence-electron chi connectivity index (χ0n) is 8.90. The van der Waals surface area contributed by atoms with E-state index < -0.39 is 5.97 Å². The van der Waals surface area contributed by atoms with Crippen LogP contribution in [0.3, 0.4) is 0 Å². The lowest BCUT2D eigenvalue weighted by Gasteiger charge is -1.96. The molecule has 0 aliphatic rings. The number of rotatable bonds is 3. The monoisotopic (exact) mass is 300 g/mol. The molecule has 0 amide bonds. The molecule has 7 heteroatoms. The van der Waals surface area contributed by atoms with Crippen molar-refractivity contribution in [3.63, 3.8) is 0 Å². The van der Waals surface area contributed by atoms with Crippen LogP contribution in [0.4, 0.5) is 5.88 Å². The summed E-state index contributed by atoms with van der Waals surface area (Å²) in [5, 5.41) is 0. The lowest BCUT2D eigenvalue weighted by molar-refractivity contribution is 0.0521. The molecule has 2 rings (SSSR count). The van der Waals surface area contributed by atoms with Gasteiger partial charge >= 0.3 is 5.97 Å². The van der Waals surface area contributed by atoms with E-state index in [4.69, 9.17) is 19.3 Å². The van der Waals surface area contributed by atoms with Gasteiger partial charge in [-0.3, -0.25) is 0 Å². The topological polar surface area (TPSA) is 91.5 Å². The molecule has 0 aromatic carbocycles. The second-order valence-corrected chi connectivity index (χ2v) is 3.84. The Labute approximate surface area is 105 Å². The first kappa shape index (κ1) is 11.7. The second-order valence-electron chi connectivity index (χ2n) is 3.06. The van der Waals surface area contributed by atoms with Crippen molar-refractivity contribution >= 4 is 27.8 Å². The van der Waals surface area contributed by atoms with Crippen LogP contribution in [0.2, 0.25) is 0 Å². The molecule has 0 unspecified atom stereocenters. The van der Waals surface area contributed by atoms with E-state index in [0.717, 1.165) is 0 Å². The number of nitrogens with two attached hydrogens (primary N) is 1. The van der Waals surface area contributed by atoms with E-state index in [1.54, 1.807) is 19.1 Å². The average molecular weight is 301 g/mol. The zero-order chi connectivity index (χ0) is 12.4. The van der Waals surface area contributed by atoms with E-state index in [9.17, 15) is 4.79 Å². The van der Waals surface area contributed by atoms with Crippen LogP contribution >= 0.6 is 15.9 Å². The Morgan fingerprint density at radius 3 is 2.88 bits per heavy atom. The Kier molecular flexibility index (Phi) is 3.19. The molecule has 0 aliphatic carbocycles. The number of esters is 1. The highest BCUT2D eigenvalue weighted by Crippen LogP contribution is 2.27. The quantitative estimate of drug-likeness (QED) is 0.875. The Hall–Kier alpha value is -1.76. The van der Waals surface area contributed by atoms with E-state index in [2.05, 4.69) is 20.9 Å². The molecular weight excluding hydrogens is 292 g/mol. The molecule has 0 spiro atoms. The van der Waals surface area contributed by atoms with E-state index in [1.165, 1.54) is 0 Å². The minimum atomic E-state index is -0.620. The van der Waals surface area contributed by atoms with Crippen LogP contribution in [0.25, 0.3) is 11.7 Å². The Bertz CT molecular complexity index is 546. The van der Waals surface area contributed by atoms with E-state index in [0.29, 0.717) is 10.4 Å². The van der Waals surface area contributed by atoms with E-state index >= 15 is 0 Å². The van der Waals surface area contributed by atoms with Crippen LogP contribution in [-0.2, 0) is 4.74 Å². The van der Waals surface area contributed by atoms with Crippen LogP contribution in [0.15, 0.2) is 25.6 Å². The van der Waals surface area contributed by atoms with Crippen molar-refractivity contribution in [3.8, 4) is 11.7 Å². The van der Waals surface area contributed by atoms with Gasteiger partial charge in [-0.25, -0.2) is 4.79 Å². The summed E-state index contributed by atoms with van der Waals surface area (Å²) in [4.78, 5) is 15.4. The van der Waals surface area contributed by atoms with Crippen molar-refractivity contribution in [2.45, 2.75) is 6.92 Å². The fraction of sp³-hybridized carbons (Fsp3) is 0.200. The fourth-order valence-electron chi connectivity index (χ4n) is 1.21. The Morgan fingerprint density at radius 1 is 1.53 bits per heavy atom. The number of ether oxygens (including phenoxy) is 1. The van der Waals surface area contributed by atoms with Gasteiger partial charge in [0.05, 0.1) is 6.61 Å². The predicted molar refractivity (Wildman–Crippen MR) is 62.3 cm³/mol. The molecule has 2 aromatic rings. The molecule has 17 heavy (non-hydrogen) atoms. The summed E-state index contributed by atoms with van der Waals surface area (Å²) in [6, 6.07) is 3.32. The summed E-state index contributed by atoms with van der Waals surface area (Å²) in [5.74, 6) is -0.202. The number of halogens is 1. The summed E-state index contributed by atoms with van der Waals surface area (Å²) < 4.78 is 15.7. The van der Waals surface area contributed by atoms with Gasteiger partial charge in [-0.15, -0.1) is 0 Å². The Balaban J connectivity index is 2.33. The summed E-state index contributed by atoms with van der Waals surface area (Å²) in [7, 11) is 0. The maximum absolute atomic E-state index is 11.5. The number of aromatic nitrogens is 1. The summed E-state index contributed by atoms with van der Waals surface area (Å²) in [5.41, 5.74) is 5.49. The molecule has 0 atom stereocenters. The van der Waals surface area contributed by atoms with Gasteiger partial charge in [0.25, 0.3) is 5.89 Å². The number of hydrogen-bond acceptors (Lipinski definition) is 6. The van der Waals surface area contributed by atoms with Crippen molar-refractivity contribution < 1.29 is 18.4 Å². The van der Waals surface area contributed by atoms with Crippen molar-refractivity contribution in [3.05, 3.63) is 22.5 Å². The molecule has 0 fully saturated rings. The molecule has 6 nitrogen and oxygen atoms in total. The van der Waals surface area contributed by atoms with Gasteiger partial charge in [0.15, 0.2) is 10.4 Å². The highest BCUT2D eigenvalue weighted by molar-refractivity contribution is 9.10. The zero-order valence-corrected chi connectivity index (χ0v) is 10.5. The molecule has 0 bridgehead atoms. The van der Waals surface area contributed by atoms with Crippen molar-refractivity contribution in [2.24, 2.45) is 0 Å². The van der Waals surface area contributed by atoms with Crippen molar-refractivity contribution in [1.29, 1.82) is 0 Å². The van der Waals surface area contributed by atoms with Crippen LogP contribution in [0.5, 0.6) is 0 Å². The SMILES string of the molecule is CCOC(=O)c1nc(-c2ccc(Br)o2)oc1N. The number of nitrogen functional groups attached to an aromatic ring is 1. The lowest BCUT2D eigenvalue weighted by Crippen LogP contribution is -2.07. The normalized spacial score (nSPS) is 10.5. The molecule has 0 saturated carbocycles. The minimum absolute atomic E-state index is 0.0469. The predicted octanol–water partition coefficient (Wildman–Crippen LogP) is 2.46. The van der Waals surface area contributed by atoms with Gasteiger partial charge in [-0.05, 0) is 35.0 Å². The third-order valence-electron chi connectivity index (χ3n) is 1.91. The number of hydrogen-bond donors (Lipinski definition) is 1. The van der Waals surface area contributed by atoms with Crippen LogP contribution in [0, 0.1) is 0 Å². The van der Waals surface area contributed by atoms with Crippen molar-refractivity contribution in [2.75, 3.05) is 12.3 Å². The lowest BCUT2D eigenvalue weighted by atomic mass is 10.4. The number of oxazole rings is 1. The second kappa shape index (κ2) is 4.62. The van der Waals surface area contributed by atoms with E-state index in [-0.39, 0.29) is 24.1 Å². The maximum Gasteiger partial charge on any atom is 0.362 e. The number of anilines is 1. The molecule has 90 valence electrons. The number of carbonyl (C=O) groups excluding carboxylic acids is 1. The summed E-state index contributed by atoms with van der Waals surface area (Å²) in [6.45, 7) is 1.94. The molecule has 0 saturated heterocycles. The highest BCUT2D eigenvalue weighted by atomic mass is 79.9. The third-order valence-corrected chi connectivity index (χ3v) is 2.33. The van der Waals surface area contributed by atoms with Gasteiger partial charge in [-0.1, -0.05) is 0 Å². The van der Waals surface area contributed by atoms with Gasteiger partial charge < -0.3 is 19.3 Å². The van der Waals surface area contributed by atoms with Gasteiger partial charge in [-0.2, -0.15) is 4.98 Å². The first-order valence-corrected chi connectivity index (χ1v) is 5.60. The standard InChI is InChI=1S/C10H9BrN2O4/c1-2-15-10(14)7-8(12)17-9(13-7)5-3-4-6(11)16-5/h3-4H,2,12H2,1H3. The number of nitrogens with zero attached hydrogens (tertiary/aromatic N) is 1. The molecule has 2 N–H and O–H groups in total.